The molecule has 3 heterocycles. The molecular weight excluding hydrogens is 408 g/mol. The maximum atomic E-state index is 13.6. The highest BCUT2D eigenvalue weighted by Crippen LogP contribution is 2.44. The van der Waals surface area contributed by atoms with Crippen LogP contribution in [0.3, 0.4) is 0 Å². The minimum atomic E-state index is -0.598. The van der Waals surface area contributed by atoms with Gasteiger partial charge in [-0.05, 0) is 41.1 Å². The van der Waals surface area contributed by atoms with Crippen molar-refractivity contribution in [3.63, 3.8) is 0 Å². The van der Waals surface area contributed by atoms with Crippen LogP contribution in [-0.4, -0.2) is 28.2 Å². The molecule has 0 spiro atoms. The van der Waals surface area contributed by atoms with Crippen molar-refractivity contribution in [2.24, 2.45) is 5.92 Å². The molecule has 1 aliphatic heterocycles. The molecule has 0 saturated heterocycles. The second-order valence-electron chi connectivity index (χ2n) is 7.89. The lowest BCUT2D eigenvalue weighted by atomic mass is 9.81. The van der Waals surface area contributed by atoms with E-state index in [2.05, 4.69) is 24.1 Å². The van der Waals surface area contributed by atoms with Crippen LogP contribution in [-0.2, 0) is 4.79 Å². The van der Waals surface area contributed by atoms with E-state index in [0.717, 1.165) is 4.88 Å². The number of aromatic nitrogens is 1. The highest BCUT2D eigenvalue weighted by atomic mass is 32.1. The first-order valence-corrected chi connectivity index (χ1v) is 11.0. The van der Waals surface area contributed by atoms with Gasteiger partial charge in [-0.2, -0.15) is 5.26 Å². The summed E-state index contributed by atoms with van der Waals surface area (Å²) in [5.74, 6) is -0.349. The third-order valence-electron chi connectivity index (χ3n) is 5.23. The lowest BCUT2D eigenvalue weighted by molar-refractivity contribution is -0.119. The van der Waals surface area contributed by atoms with Crippen molar-refractivity contribution in [3.05, 3.63) is 81.7 Å². The summed E-state index contributed by atoms with van der Waals surface area (Å²) in [4.78, 5) is 34.0. The van der Waals surface area contributed by atoms with Crippen molar-refractivity contribution in [3.8, 4) is 6.07 Å². The predicted molar refractivity (Wildman–Crippen MR) is 120 cm³/mol. The number of hydrogen-bond donors (Lipinski definition) is 1. The van der Waals surface area contributed by atoms with Gasteiger partial charge in [-0.1, -0.05) is 44.2 Å². The molecule has 2 aromatic heterocycles. The molecule has 2 amide bonds. The highest BCUT2D eigenvalue weighted by molar-refractivity contribution is 7.10. The summed E-state index contributed by atoms with van der Waals surface area (Å²) < 4.78 is 0. The minimum absolute atomic E-state index is 0.0589. The van der Waals surface area contributed by atoms with E-state index in [1.165, 1.54) is 11.3 Å². The van der Waals surface area contributed by atoms with E-state index in [-0.39, 0.29) is 23.4 Å². The van der Waals surface area contributed by atoms with Crippen LogP contribution >= 0.6 is 11.3 Å². The Bertz CT molecular complexity index is 1150. The second kappa shape index (κ2) is 8.70. The Morgan fingerprint density at radius 3 is 2.71 bits per heavy atom. The van der Waals surface area contributed by atoms with Crippen LogP contribution in [0.5, 0.6) is 0 Å². The molecule has 2 atom stereocenters. The van der Waals surface area contributed by atoms with Crippen molar-refractivity contribution in [1.82, 2.24) is 9.88 Å². The Kier molecular flexibility index (Phi) is 5.83. The Balaban J connectivity index is 1.81. The first kappa shape index (κ1) is 20.8. The predicted octanol–water partition coefficient (Wildman–Crippen LogP) is 4.59. The number of nitrogens with zero attached hydrogens (tertiary/aromatic N) is 3. The van der Waals surface area contributed by atoms with Crippen LogP contribution in [0, 0.1) is 17.2 Å². The van der Waals surface area contributed by atoms with Crippen molar-refractivity contribution in [2.45, 2.75) is 25.8 Å². The lowest BCUT2D eigenvalue weighted by Gasteiger charge is -2.41. The molecule has 4 rings (SSSR count). The first-order chi connectivity index (χ1) is 15.0. The largest absolute Gasteiger partial charge is 0.329 e. The molecule has 1 aliphatic rings. The number of carbonyl (C=O) groups is 2. The molecular formula is C24H22N4O2S. The van der Waals surface area contributed by atoms with Gasteiger partial charge in [0, 0.05) is 17.0 Å². The third kappa shape index (κ3) is 4.07. The molecule has 3 aromatic rings. The minimum Gasteiger partial charge on any atom is -0.329 e. The summed E-state index contributed by atoms with van der Waals surface area (Å²) >= 11 is 1.54. The average molecular weight is 431 g/mol. The van der Waals surface area contributed by atoms with Crippen LogP contribution in [0.4, 0.5) is 5.82 Å². The van der Waals surface area contributed by atoms with E-state index in [1.807, 2.05) is 46.7 Å². The fourth-order valence-corrected chi connectivity index (χ4v) is 4.89. The molecule has 0 saturated carbocycles. The number of amides is 2. The number of anilines is 1. The zero-order valence-corrected chi connectivity index (χ0v) is 18.1. The topological polar surface area (TPSA) is 86.1 Å². The Morgan fingerprint density at radius 1 is 1.19 bits per heavy atom. The summed E-state index contributed by atoms with van der Waals surface area (Å²) in [6, 6.07) is 17.7. The highest BCUT2D eigenvalue weighted by Gasteiger charge is 2.44. The van der Waals surface area contributed by atoms with E-state index in [9.17, 15) is 9.59 Å². The number of thiophene rings is 1. The van der Waals surface area contributed by atoms with E-state index in [4.69, 9.17) is 5.26 Å². The molecule has 6 nitrogen and oxygen atoms in total. The van der Waals surface area contributed by atoms with Gasteiger partial charge in [0.15, 0.2) is 0 Å². The summed E-state index contributed by atoms with van der Waals surface area (Å²) in [6.07, 6.45) is 0. The number of carbonyl (C=O) groups excluding carboxylic acids is 2. The van der Waals surface area contributed by atoms with Gasteiger partial charge < -0.3 is 10.2 Å². The van der Waals surface area contributed by atoms with Crippen molar-refractivity contribution < 1.29 is 9.59 Å². The quantitative estimate of drug-likeness (QED) is 0.641. The van der Waals surface area contributed by atoms with Crippen molar-refractivity contribution in [1.29, 1.82) is 5.26 Å². The number of nitrogens with one attached hydrogen (secondary N) is 1. The Hall–Kier alpha value is -3.50. The van der Waals surface area contributed by atoms with Crippen LogP contribution in [0.1, 0.15) is 52.3 Å². The standard InChI is InChI=1S/C24H22N4O2S/c1-15(2)14-28-22(19-10-6-12-31-19)21(17-8-3-4-9-18(17)24(28)30)23(29)27-20-11-5-7-16(13-25)26-20/h3-12,15,21-22H,14H2,1-2H3,(H,26,27,29)/t21-,22+/m0/s1. The van der Waals surface area contributed by atoms with Gasteiger partial charge in [-0.15, -0.1) is 11.3 Å². The van der Waals surface area contributed by atoms with Gasteiger partial charge in [-0.25, -0.2) is 4.98 Å². The number of hydrogen-bond acceptors (Lipinski definition) is 5. The molecule has 1 N–H and O–H groups in total. The number of fused-ring (bicyclic) bond motifs is 1. The van der Waals surface area contributed by atoms with Crippen LogP contribution in [0.15, 0.2) is 60.0 Å². The zero-order valence-electron chi connectivity index (χ0n) is 17.3. The number of nitriles is 1. The van der Waals surface area contributed by atoms with Gasteiger partial charge in [0.25, 0.3) is 5.91 Å². The fourth-order valence-electron chi connectivity index (χ4n) is 4.02. The second-order valence-corrected chi connectivity index (χ2v) is 8.86. The Morgan fingerprint density at radius 2 is 2.00 bits per heavy atom. The van der Waals surface area contributed by atoms with Crippen LogP contribution in [0.25, 0.3) is 0 Å². The summed E-state index contributed by atoms with van der Waals surface area (Å²) in [6.45, 7) is 4.67. The van der Waals surface area contributed by atoms with Crippen LogP contribution < -0.4 is 5.32 Å². The van der Waals surface area contributed by atoms with E-state index < -0.39 is 12.0 Å². The molecule has 31 heavy (non-hydrogen) atoms. The fraction of sp³-hybridized carbons (Fsp3) is 0.250. The van der Waals surface area contributed by atoms with E-state index >= 15 is 0 Å². The van der Waals surface area contributed by atoms with E-state index in [1.54, 1.807) is 24.3 Å². The van der Waals surface area contributed by atoms with Gasteiger partial charge in [-0.3, -0.25) is 9.59 Å². The molecule has 0 aliphatic carbocycles. The molecule has 0 radical (unpaired) electrons. The summed E-state index contributed by atoms with van der Waals surface area (Å²) in [5.41, 5.74) is 1.49. The average Bonchev–Trinajstić information content (AvgIpc) is 3.29. The van der Waals surface area contributed by atoms with Gasteiger partial charge in [0.2, 0.25) is 5.91 Å². The van der Waals surface area contributed by atoms with Gasteiger partial charge in [0.1, 0.15) is 17.6 Å². The number of pyridine rings is 1. The zero-order chi connectivity index (χ0) is 22.0. The van der Waals surface area contributed by atoms with Crippen molar-refractivity contribution in [2.75, 3.05) is 11.9 Å². The lowest BCUT2D eigenvalue weighted by Crippen LogP contribution is -2.47. The Labute approximate surface area is 185 Å². The summed E-state index contributed by atoms with van der Waals surface area (Å²) in [7, 11) is 0. The first-order valence-electron chi connectivity index (χ1n) is 10.1. The smallest absolute Gasteiger partial charge is 0.254 e. The van der Waals surface area contributed by atoms with Crippen LogP contribution in [0.2, 0.25) is 0 Å². The maximum absolute atomic E-state index is 13.6. The molecule has 0 unspecified atom stereocenters. The summed E-state index contributed by atoms with van der Waals surface area (Å²) in [5, 5.41) is 14.0. The normalized spacial score (nSPS) is 17.9. The molecule has 7 heteroatoms. The SMILES string of the molecule is CC(C)CN1C(=O)c2ccccc2[C@H](C(=O)Nc2cccc(C#N)n2)[C@H]1c1cccs1. The van der Waals surface area contributed by atoms with Crippen molar-refractivity contribution >= 4 is 29.0 Å². The van der Waals surface area contributed by atoms with Gasteiger partial charge >= 0.3 is 0 Å². The molecule has 0 fully saturated rings. The third-order valence-corrected chi connectivity index (χ3v) is 6.18. The number of rotatable bonds is 5. The monoisotopic (exact) mass is 430 g/mol. The number of benzene rings is 1. The van der Waals surface area contributed by atoms with E-state index in [0.29, 0.717) is 23.5 Å². The molecule has 156 valence electrons. The molecule has 0 bridgehead atoms. The van der Waals surface area contributed by atoms with Gasteiger partial charge in [0.05, 0.1) is 12.0 Å². The molecule has 1 aromatic carbocycles. The maximum Gasteiger partial charge on any atom is 0.254 e.